The lowest BCUT2D eigenvalue weighted by molar-refractivity contribution is -0.140. The quantitative estimate of drug-likeness (QED) is 0.407. The van der Waals surface area contributed by atoms with E-state index >= 15 is 0 Å². The van der Waals surface area contributed by atoms with Crippen molar-refractivity contribution in [2.75, 3.05) is 19.6 Å². The molecule has 0 saturated carbocycles. The molecule has 2 heterocycles. The maximum atomic E-state index is 12.8. The third-order valence-corrected chi connectivity index (χ3v) is 5.83. The van der Waals surface area contributed by atoms with Crippen molar-refractivity contribution in [1.82, 2.24) is 15.1 Å². The van der Waals surface area contributed by atoms with Crippen LogP contribution in [-0.2, 0) is 20.8 Å². The molecule has 0 bridgehead atoms. The molecule has 2 aliphatic heterocycles. The van der Waals surface area contributed by atoms with Crippen LogP contribution in [0.2, 0.25) is 0 Å². The van der Waals surface area contributed by atoms with E-state index in [1.807, 2.05) is 30.3 Å². The van der Waals surface area contributed by atoms with Gasteiger partial charge in [-0.25, -0.2) is 0 Å². The van der Waals surface area contributed by atoms with Gasteiger partial charge in [-0.15, -0.1) is 0 Å². The predicted octanol–water partition coefficient (Wildman–Crippen LogP) is -1.33. The fourth-order valence-corrected chi connectivity index (χ4v) is 4.27. The summed E-state index contributed by atoms with van der Waals surface area (Å²) in [6.07, 6.45) is 2.81. The zero-order valence-corrected chi connectivity index (χ0v) is 16.9. The van der Waals surface area contributed by atoms with Crippen LogP contribution in [0.25, 0.3) is 0 Å². The number of hydrogen-bond acceptors (Lipinski definition) is 6. The number of benzene rings is 1. The van der Waals surface area contributed by atoms with Crippen molar-refractivity contribution in [3.05, 3.63) is 35.9 Å². The fourth-order valence-electron chi connectivity index (χ4n) is 4.27. The van der Waals surface area contributed by atoms with Crippen molar-refractivity contribution < 1.29 is 24.4 Å². The topological polar surface area (TPSA) is 136 Å². The van der Waals surface area contributed by atoms with E-state index in [2.05, 4.69) is 5.32 Å². The first-order valence-electron chi connectivity index (χ1n) is 10.4. The summed E-state index contributed by atoms with van der Waals surface area (Å²) in [7, 11) is -1.60. The van der Waals surface area contributed by atoms with Crippen molar-refractivity contribution in [3.8, 4) is 0 Å². The summed E-state index contributed by atoms with van der Waals surface area (Å²) in [6.45, 7) is 0.647. The molecule has 3 rings (SSSR count). The Morgan fingerprint density at radius 1 is 1.10 bits per heavy atom. The molecule has 0 aliphatic carbocycles. The zero-order chi connectivity index (χ0) is 21.7. The molecule has 0 unspecified atom stereocenters. The fraction of sp³-hybridized carbons (Fsp3) is 0.550. The minimum Gasteiger partial charge on any atom is -0.426 e. The summed E-state index contributed by atoms with van der Waals surface area (Å²) in [4.78, 5) is 40.8. The van der Waals surface area contributed by atoms with Crippen molar-refractivity contribution in [2.45, 2.75) is 50.1 Å². The van der Waals surface area contributed by atoms with Crippen molar-refractivity contribution in [2.24, 2.45) is 5.73 Å². The number of amides is 3. The molecule has 3 amide bonds. The van der Waals surface area contributed by atoms with Gasteiger partial charge in [0.05, 0.1) is 18.5 Å². The van der Waals surface area contributed by atoms with Crippen molar-refractivity contribution >= 4 is 24.8 Å². The Kier molecular flexibility index (Phi) is 7.46. The van der Waals surface area contributed by atoms with Crippen LogP contribution >= 0.6 is 0 Å². The highest BCUT2D eigenvalue weighted by Gasteiger charge is 2.38. The van der Waals surface area contributed by atoms with Gasteiger partial charge in [-0.2, -0.15) is 0 Å². The van der Waals surface area contributed by atoms with Gasteiger partial charge in [-0.05, 0) is 37.7 Å². The van der Waals surface area contributed by atoms with E-state index in [4.69, 9.17) is 5.73 Å². The number of nitrogens with two attached hydrogens (primary N) is 1. The van der Waals surface area contributed by atoms with Gasteiger partial charge < -0.3 is 30.9 Å². The van der Waals surface area contributed by atoms with Crippen LogP contribution in [0.5, 0.6) is 0 Å². The number of nitrogens with zero attached hydrogens (tertiary/aromatic N) is 2. The number of carbonyl (C=O) groups excluding carboxylic acids is 3. The number of hydrogen-bond donors (Lipinski definition) is 4. The van der Waals surface area contributed by atoms with Gasteiger partial charge in [0, 0.05) is 13.1 Å². The number of carbonyl (C=O) groups is 3. The Bertz CT molecular complexity index is 763. The van der Waals surface area contributed by atoms with Crippen LogP contribution < -0.4 is 11.1 Å². The van der Waals surface area contributed by atoms with Crippen LogP contribution in [-0.4, -0.2) is 82.3 Å². The molecule has 30 heavy (non-hydrogen) atoms. The second-order valence-electron chi connectivity index (χ2n) is 7.91. The van der Waals surface area contributed by atoms with Gasteiger partial charge in [0.15, 0.2) is 0 Å². The lowest BCUT2D eigenvalue weighted by Gasteiger charge is -2.28. The molecule has 10 heteroatoms. The summed E-state index contributed by atoms with van der Waals surface area (Å²) in [5.41, 5.74) is 7.06. The Morgan fingerprint density at radius 3 is 2.47 bits per heavy atom. The van der Waals surface area contributed by atoms with Crippen molar-refractivity contribution in [1.29, 1.82) is 0 Å². The van der Waals surface area contributed by atoms with Crippen LogP contribution in [0.3, 0.4) is 0 Å². The SMILES string of the molecule is N[C@@H](Cc1ccccc1)C(=O)N1CCC[C@H]1C(=O)NCC(=O)N1CCC[C@H]1B(O)O. The lowest BCUT2D eigenvalue weighted by Crippen LogP contribution is -2.54. The first-order valence-corrected chi connectivity index (χ1v) is 10.4. The zero-order valence-electron chi connectivity index (χ0n) is 16.9. The minimum atomic E-state index is -1.60. The molecular formula is C20H29BN4O5. The number of rotatable bonds is 7. The standard InChI is InChI=1S/C20H29BN4O5/c22-15(12-14-6-2-1-3-7-14)20(28)24-10-4-8-16(24)19(27)23-13-18(26)25-11-5-9-17(25)21(29)30/h1-3,6-7,15-17,29-30H,4-5,8-13,22H2,(H,23,27)/t15-,16-,17-/m0/s1. The Balaban J connectivity index is 1.53. The largest absolute Gasteiger partial charge is 0.475 e. The maximum absolute atomic E-state index is 12.8. The summed E-state index contributed by atoms with van der Waals surface area (Å²) in [5.74, 6) is -1.67. The second kappa shape index (κ2) is 10.1. The molecule has 3 atom stereocenters. The van der Waals surface area contributed by atoms with Crippen LogP contribution in [0, 0.1) is 0 Å². The number of likely N-dealkylation sites (tertiary alicyclic amines) is 2. The molecule has 0 aromatic heterocycles. The average Bonchev–Trinajstić information content (AvgIpc) is 3.41. The summed E-state index contributed by atoms with van der Waals surface area (Å²) < 4.78 is 0. The molecule has 9 nitrogen and oxygen atoms in total. The Hall–Kier alpha value is -2.43. The molecule has 2 aliphatic rings. The third-order valence-electron chi connectivity index (χ3n) is 5.83. The second-order valence-corrected chi connectivity index (χ2v) is 7.91. The van der Waals surface area contributed by atoms with E-state index in [1.54, 1.807) is 0 Å². The van der Waals surface area contributed by atoms with Gasteiger partial charge in [0.1, 0.15) is 6.04 Å². The van der Waals surface area contributed by atoms with E-state index in [0.29, 0.717) is 45.2 Å². The first-order chi connectivity index (χ1) is 14.4. The van der Waals surface area contributed by atoms with Crippen LogP contribution in [0.4, 0.5) is 0 Å². The molecule has 0 spiro atoms. The highest BCUT2D eigenvalue weighted by atomic mass is 16.4. The lowest BCUT2D eigenvalue weighted by atomic mass is 9.78. The third kappa shape index (κ3) is 5.19. The van der Waals surface area contributed by atoms with Gasteiger partial charge >= 0.3 is 7.12 Å². The van der Waals surface area contributed by atoms with Gasteiger partial charge in [0.2, 0.25) is 17.7 Å². The van der Waals surface area contributed by atoms with Gasteiger partial charge in [-0.3, -0.25) is 14.4 Å². The summed E-state index contributed by atoms with van der Waals surface area (Å²) in [6, 6.07) is 8.09. The summed E-state index contributed by atoms with van der Waals surface area (Å²) >= 11 is 0. The van der Waals surface area contributed by atoms with E-state index in [9.17, 15) is 24.4 Å². The Morgan fingerprint density at radius 2 is 1.77 bits per heavy atom. The van der Waals surface area contributed by atoms with Crippen LogP contribution in [0.15, 0.2) is 30.3 Å². The molecule has 2 fully saturated rings. The molecular weight excluding hydrogens is 387 g/mol. The normalized spacial score (nSPS) is 22.1. The van der Waals surface area contributed by atoms with E-state index in [-0.39, 0.29) is 24.3 Å². The monoisotopic (exact) mass is 416 g/mol. The maximum Gasteiger partial charge on any atom is 0.475 e. The molecule has 162 valence electrons. The first kappa shape index (κ1) is 22.3. The molecule has 1 aromatic rings. The molecule has 5 N–H and O–H groups in total. The van der Waals surface area contributed by atoms with Crippen molar-refractivity contribution in [3.63, 3.8) is 0 Å². The van der Waals surface area contributed by atoms with E-state index in [1.165, 1.54) is 9.80 Å². The van der Waals surface area contributed by atoms with Gasteiger partial charge in [0.25, 0.3) is 0 Å². The molecule has 1 aromatic carbocycles. The average molecular weight is 416 g/mol. The van der Waals surface area contributed by atoms with Gasteiger partial charge in [-0.1, -0.05) is 30.3 Å². The highest BCUT2D eigenvalue weighted by molar-refractivity contribution is 6.43. The Labute approximate surface area is 176 Å². The molecule has 2 saturated heterocycles. The minimum absolute atomic E-state index is 0.239. The highest BCUT2D eigenvalue weighted by Crippen LogP contribution is 2.20. The van der Waals surface area contributed by atoms with Crippen LogP contribution in [0.1, 0.15) is 31.2 Å². The summed E-state index contributed by atoms with van der Waals surface area (Å²) in [5, 5.41) is 21.4. The van der Waals surface area contributed by atoms with E-state index < -0.39 is 25.1 Å². The molecule has 0 radical (unpaired) electrons. The smallest absolute Gasteiger partial charge is 0.426 e. The number of nitrogens with one attached hydrogen (secondary N) is 1. The predicted molar refractivity (Wildman–Crippen MR) is 111 cm³/mol. The van der Waals surface area contributed by atoms with E-state index in [0.717, 1.165) is 5.56 Å².